The Bertz CT molecular complexity index is 617. The summed E-state index contributed by atoms with van der Waals surface area (Å²) in [5.74, 6) is -2.79. The number of phenols is 1. The van der Waals surface area contributed by atoms with Crippen molar-refractivity contribution >= 4 is 11.8 Å². The molecule has 0 heterocycles. The van der Waals surface area contributed by atoms with Crippen LogP contribution < -0.4 is 11.1 Å². The van der Waals surface area contributed by atoms with Crippen LogP contribution in [0.3, 0.4) is 0 Å². The number of nitrogens with two attached hydrogens (primary N) is 1. The van der Waals surface area contributed by atoms with Gasteiger partial charge >= 0.3 is 6.09 Å². The molecule has 7 heteroatoms. The fraction of sp³-hybridized carbons (Fsp3) is 0.588. The molecule has 1 aromatic carbocycles. The lowest BCUT2D eigenvalue weighted by molar-refractivity contribution is -0.0516. The van der Waals surface area contributed by atoms with Crippen LogP contribution in [0.25, 0.3) is 0 Å². The first-order valence-electron chi connectivity index (χ1n) is 7.90. The molecule has 0 spiro atoms. The molecule has 1 aromatic rings. The van der Waals surface area contributed by atoms with E-state index in [2.05, 4.69) is 5.32 Å². The van der Waals surface area contributed by atoms with Crippen LogP contribution in [-0.4, -0.2) is 22.7 Å². The van der Waals surface area contributed by atoms with Gasteiger partial charge in [-0.2, -0.15) is 0 Å². The van der Waals surface area contributed by atoms with Gasteiger partial charge in [-0.05, 0) is 51.8 Å². The van der Waals surface area contributed by atoms with Crippen LogP contribution in [0.2, 0.25) is 0 Å². The molecule has 0 atom stereocenters. The molecule has 1 fully saturated rings. The molecule has 2 rings (SSSR count). The molecule has 0 bridgehead atoms. The Hall–Kier alpha value is -1.89. The number of anilines is 1. The molecule has 0 aliphatic heterocycles. The summed E-state index contributed by atoms with van der Waals surface area (Å²) >= 11 is 0. The maximum Gasteiger partial charge on any atom is 0.412 e. The van der Waals surface area contributed by atoms with Gasteiger partial charge in [0.15, 0.2) is 0 Å². The quantitative estimate of drug-likeness (QED) is 0.706. The molecule has 0 saturated heterocycles. The van der Waals surface area contributed by atoms with Crippen molar-refractivity contribution in [2.45, 2.75) is 63.5 Å². The van der Waals surface area contributed by atoms with Crippen LogP contribution in [0, 0.1) is 0 Å². The number of hydrogen-bond donors (Lipinski definition) is 3. The van der Waals surface area contributed by atoms with Crippen molar-refractivity contribution in [2.24, 2.45) is 5.73 Å². The van der Waals surface area contributed by atoms with E-state index in [1.807, 2.05) is 0 Å². The monoisotopic (exact) mass is 342 g/mol. The maximum atomic E-state index is 13.4. The molecule has 0 radical (unpaired) electrons. The molecule has 5 nitrogen and oxygen atoms in total. The van der Waals surface area contributed by atoms with Crippen LogP contribution in [0.4, 0.5) is 19.3 Å². The predicted molar refractivity (Wildman–Crippen MR) is 87.2 cm³/mol. The maximum absolute atomic E-state index is 13.4. The number of alkyl halides is 2. The molecular formula is C17H24F2N2O3. The zero-order valence-corrected chi connectivity index (χ0v) is 14.2. The minimum atomic E-state index is -2.72. The number of carbonyl (C=O) groups is 1. The molecule has 1 saturated carbocycles. The molecule has 1 amide bonds. The summed E-state index contributed by atoms with van der Waals surface area (Å²) in [7, 11) is 0. The van der Waals surface area contributed by atoms with Crippen molar-refractivity contribution in [3.05, 3.63) is 23.8 Å². The van der Waals surface area contributed by atoms with Crippen LogP contribution >= 0.6 is 0 Å². The van der Waals surface area contributed by atoms with E-state index in [4.69, 9.17) is 10.5 Å². The summed E-state index contributed by atoms with van der Waals surface area (Å²) in [6, 6.07) is 4.41. The first-order valence-corrected chi connectivity index (χ1v) is 7.90. The van der Waals surface area contributed by atoms with E-state index in [0.717, 1.165) is 0 Å². The Morgan fingerprint density at radius 1 is 1.25 bits per heavy atom. The smallest absolute Gasteiger partial charge is 0.412 e. The highest BCUT2D eigenvalue weighted by Crippen LogP contribution is 2.45. The van der Waals surface area contributed by atoms with Gasteiger partial charge in [-0.1, -0.05) is 0 Å². The number of phenolic OH excluding ortho intramolecular Hbond substituents is 1. The SMILES string of the molecule is CC(C)(C)OC(=O)Nc1ccc(O)c(C2(N)CCC(F)(F)CC2)c1. The Labute approximate surface area is 140 Å². The number of aromatic hydroxyl groups is 1. The highest BCUT2D eigenvalue weighted by molar-refractivity contribution is 5.85. The first-order chi connectivity index (χ1) is 10.9. The van der Waals surface area contributed by atoms with E-state index in [1.165, 1.54) is 18.2 Å². The van der Waals surface area contributed by atoms with Gasteiger partial charge in [0.1, 0.15) is 11.4 Å². The van der Waals surface area contributed by atoms with E-state index >= 15 is 0 Å². The van der Waals surface area contributed by atoms with E-state index in [9.17, 15) is 18.7 Å². The van der Waals surface area contributed by atoms with Crippen LogP contribution in [-0.2, 0) is 10.3 Å². The fourth-order valence-corrected chi connectivity index (χ4v) is 2.77. The number of carbonyl (C=O) groups excluding carboxylic acids is 1. The third-order valence-electron chi connectivity index (χ3n) is 4.05. The van der Waals surface area contributed by atoms with E-state index in [-0.39, 0.29) is 31.4 Å². The lowest BCUT2D eigenvalue weighted by Crippen LogP contribution is -2.43. The van der Waals surface area contributed by atoms with E-state index in [0.29, 0.717) is 11.3 Å². The van der Waals surface area contributed by atoms with E-state index in [1.54, 1.807) is 20.8 Å². The van der Waals surface area contributed by atoms with E-state index < -0.39 is 23.2 Å². The van der Waals surface area contributed by atoms with Gasteiger partial charge in [0.05, 0.1) is 0 Å². The van der Waals surface area contributed by atoms with Crippen molar-refractivity contribution in [1.29, 1.82) is 0 Å². The Kier molecular flexibility index (Phi) is 4.77. The first kappa shape index (κ1) is 18.4. The molecule has 1 aliphatic rings. The second kappa shape index (κ2) is 6.20. The second-order valence-electron chi connectivity index (χ2n) is 7.37. The van der Waals surface area contributed by atoms with Gasteiger partial charge < -0.3 is 15.6 Å². The van der Waals surface area contributed by atoms with Gasteiger partial charge in [0, 0.05) is 29.6 Å². The van der Waals surface area contributed by atoms with Gasteiger partial charge in [0.25, 0.3) is 0 Å². The average Bonchev–Trinajstić information content (AvgIpc) is 2.42. The number of rotatable bonds is 2. The molecule has 0 unspecified atom stereocenters. The number of hydrogen-bond acceptors (Lipinski definition) is 4. The average molecular weight is 342 g/mol. The Morgan fingerprint density at radius 2 is 1.83 bits per heavy atom. The highest BCUT2D eigenvalue weighted by atomic mass is 19.3. The summed E-state index contributed by atoms with van der Waals surface area (Å²) in [5.41, 5.74) is 5.32. The van der Waals surface area contributed by atoms with Gasteiger partial charge in [-0.15, -0.1) is 0 Å². The van der Waals surface area contributed by atoms with Crippen molar-refractivity contribution in [3.8, 4) is 5.75 Å². The third kappa shape index (κ3) is 4.56. The summed E-state index contributed by atoms with van der Waals surface area (Å²) in [6.45, 7) is 5.23. The Balaban J connectivity index is 2.18. The number of nitrogens with one attached hydrogen (secondary N) is 1. The van der Waals surface area contributed by atoms with Gasteiger partial charge in [-0.3, -0.25) is 5.32 Å². The van der Waals surface area contributed by atoms with Crippen molar-refractivity contribution < 1.29 is 23.4 Å². The van der Waals surface area contributed by atoms with Crippen LogP contribution in [0.15, 0.2) is 18.2 Å². The van der Waals surface area contributed by atoms with Crippen LogP contribution in [0.1, 0.15) is 52.0 Å². The van der Waals surface area contributed by atoms with Gasteiger partial charge in [-0.25, -0.2) is 13.6 Å². The molecular weight excluding hydrogens is 318 g/mol. The fourth-order valence-electron chi connectivity index (χ4n) is 2.77. The van der Waals surface area contributed by atoms with Gasteiger partial charge in [0.2, 0.25) is 5.92 Å². The lowest BCUT2D eigenvalue weighted by Gasteiger charge is -2.37. The van der Waals surface area contributed by atoms with Crippen molar-refractivity contribution in [3.63, 3.8) is 0 Å². The van der Waals surface area contributed by atoms with Crippen molar-refractivity contribution in [1.82, 2.24) is 0 Å². The minimum Gasteiger partial charge on any atom is -0.508 e. The molecule has 1 aliphatic carbocycles. The zero-order valence-electron chi connectivity index (χ0n) is 14.2. The van der Waals surface area contributed by atoms with Crippen molar-refractivity contribution in [2.75, 3.05) is 5.32 Å². The number of halogens is 2. The minimum absolute atomic E-state index is 0.0590. The molecule has 0 aromatic heterocycles. The number of amides is 1. The Morgan fingerprint density at radius 3 is 2.38 bits per heavy atom. The standard InChI is InChI=1S/C17H24F2N2O3/c1-15(2,3)24-14(23)21-11-4-5-13(22)12(10-11)16(20)6-8-17(18,19)9-7-16/h4-5,10,22H,6-9,20H2,1-3H3,(H,21,23). The number of ether oxygens (including phenoxy) is 1. The predicted octanol–water partition coefficient (Wildman–Crippen LogP) is 4.10. The van der Waals surface area contributed by atoms with Crippen LogP contribution in [0.5, 0.6) is 5.75 Å². The summed E-state index contributed by atoms with van der Waals surface area (Å²) < 4.78 is 31.9. The lowest BCUT2D eigenvalue weighted by atomic mass is 9.75. The summed E-state index contributed by atoms with van der Waals surface area (Å²) in [4.78, 5) is 11.8. The summed E-state index contributed by atoms with van der Waals surface area (Å²) in [5, 5.41) is 12.7. The second-order valence-corrected chi connectivity index (χ2v) is 7.37. The number of benzene rings is 1. The molecule has 4 N–H and O–H groups in total. The largest absolute Gasteiger partial charge is 0.508 e. The molecule has 24 heavy (non-hydrogen) atoms. The summed E-state index contributed by atoms with van der Waals surface area (Å²) in [6.07, 6.45) is -1.17. The molecule has 134 valence electrons. The third-order valence-corrected chi connectivity index (χ3v) is 4.05. The zero-order chi connectivity index (χ0) is 18.2. The topological polar surface area (TPSA) is 84.6 Å². The normalized spacial score (nSPS) is 19.6. The highest BCUT2D eigenvalue weighted by Gasteiger charge is 2.43.